The number of anilines is 1. The van der Waals surface area contributed by atoms with Crippen molar-refractivity contribution in [2.75, 3.05) is 31.1 Å². The predicted octanol–water partition coefficient (Wildman–Crippen LogP) is 2.81. The van der Waals surface area contributed by atoms with Crippen LogP contribution < -0.4 is 9.80 Å². The van der Waals surface area contributed by atoms with Crippen molar-refractivity contribution in [2.45, 2.75) is 19.6 Å². The van der Waals surface area contributed by atoms with Crippen molar-refractivity contribution in [3.8, 4) is 0 Å². The van der Waals surface area contributed by atoms with Crippen LogP contribution in [0.15, 0.2) is 48.5 Å². The van der Waals surface area contributed by atoms with Crippen LogP contribution in [0.5, 0.6) is 0 Å². The Balaban J connectivity index is 1.58. The molecule has 3 nitrogen and oxygen atoms in total. The molecule has 0 atom stereocenters. The molecular weight excluding hydrogens is 341 g/mol. The van der Waals surface area contributed by atoms with E-state index in [0.717, 1.165) is 37.9 Å². The second-order valence-corrected chi connectivity index (χ2v) is 6.72. The third-order valence-electron chi connectivity index (χ3n) is 4.82. The van der Waals surface area contributed by atoms with Crippen molar-refractivity contribution in [2.24, 2.45) is 0 Å². The Bertz CT molecular complexity index is 763. The van der Waals surface area contributed by atoms with Crippen LogP contribution in [0.3, 0.4) is 0 Å². The highest BCUT2D eigenvalue weighted by molar-refractivity contribution is 5.94. The summed E-state index contributed by atoms with van der Waals surface area (Å²) < 4.78 is 38.5. The standard InChI is InChI=1S/C20H21F3N2O/c1-15(26)17-5-7-19(8-6-17)25-11-9-24(10-12-25)14-16-3-2-4-18(13-16)20(21,22)23/h2-8,13H,9-12,14H2,1H3/p+1. The largest absolute Gasteiger partial charge is 0.416 e. The molecule has 2 aromatic rings. The van der Waals surface area contributed by atoms with Crippen LogP contribution in [0.1, 0.15) is 28.4 Å². The molecule has 6 heteroatoms. The molecule has 138 valence electrons. The van der Waals surface area contributed by atoms with Crippen LogP contribution in [0.4, 0.5) is 18.9 Å². The maximum atomic E-state index is 12.8. The zero-order valence-electron chi connectivity index (χ0n) is 14.6. The quantitative estimate of drug-likeness (QED) is 0.845. The van der Waals surface area contributed by atoms with Crippen molar-refractivity contribution >= 4 is 11.5 Å². The average molecular weight is 363 g/mol. The molecule has 1 N–H and O–H groups in total. The molecule has 1 heterocycles. The Hall–Kier alpha value is -2.34. The summed E-state index contributed by atoms with van der Waals surface area (Å²) in [5.41, 5.74) is 1.91. The Kier molecular flexibility index (Phi) is 5.32. The van der Waals surface area contributed by atoms with Gasteiger partial charge in [0.25, 0.3) is 0 Å². The topological polar surface area (TPSA) is 24.8 Å². The molecule has 1 saturated heterocycles. The van der Waals surface area contributed by atoms with Crippen LogP contribution in [0.25, 0.3) is 0 Å². The number of hydrogen-bond donors (Lipinski definition) is 1. The summed E-state index contributed by atoms with van der Waals surface area (Å²) in [6.07, 6.45) is -4.30. The molecule has 0 saturated carbocycles. The first-order valence-electron chi connectivity index (χ1n) is 8.68. The van der Waals surface area contributed by atoms with Gasteiger partial charge in [0, 0.05) is 16.8 Å². The SMILES string of the molecule is CC(=O)c1ccc(N2CC[NH+](Cc3cccc(C(F)(F)F)c3)CC2)cc1. The van der Waals surface area contributed by atoms with Crippen LogP contribution >= 0.6 is 0 Å². The number of alkyl halides is 3. The highest BCUT2D eigenvalue weighted by Gasteiger charge is 2.30. The van der Waals surface area contributed by atoms with Gasteiger partial charge in [-0.1, -0.05) is 12.1 Å². The van der Waals surface area contributed by atoms with E-state index in [4.69, 9.17) is 0 Å². The summed E-state index contributed by atoms with van der Waals surface area (Å²) in [6, 6.07) is 13.2. The Labute approximate surface area is 151 Å². The molecule has 0 aliphatic carbocycles. The van der Waals surface area contributed by atoms with Gasteiger partial charge in [0.15, 0.2) is 5.78 Å². The maximum absolute atomic E-state index is 12.8. The second kappa shape index (κ2) is 7.50. The van der Waals surface area contributed by atoms with E-state index in [-0.39, 0.29) is 5.78 Å². The van der Waals surface area contributed by atoms with Crippen LogP contribution in [0, 0.1) is 0 Å². The van der Waals surface area contributed by atoms with Gasteiger partial charge in [-0.2, -0.15) is 13.2 Å². The van der Waals surface area contributed by atoms with Gasteiger partial charge in [-0.3, -0.25) is 4.79 Å². The second-order valence-electron chi connectivity index (χ2n) is 6.72. The number of Topliss-reactive ketones (excluding diaryl/α,β-unsaturated/α-hetero) is 1. The van der Waals surface area contributed by atoms with E-state index in [9.17, 15) is 18.0 Å². The molecule has 0 unspecified atom stereocenters. The van der Waals surface area contributed by atoms with Crippen molar-refractivity contribution in [3.63, 3.8) is 0 Å². The molecule has 0 radical (unpaired) electrons. The first-order valence-corrected chi connectivity index (χ1v) is 8.68. The number of carbonyl (C=O) groups is 1. The molecule has 2 aromatic carbocycles. The fourth-order valence-electron chi connectivity index (χ4n) is 3.31. The average Bonchev–Trinajstić information content (AvgIpc) is 2.62. The van der Waals surface area contributed by atoms with Gasteiger partial charge in [0.05, 0.1) is 31.7 Å². The van der Waals surface area contributed by atoms with E-state index in [1.165, 1.54) is 17.0 Å². The van der Waals surface area contributed by atoms with Gasteiger partial charge in [0.2, 0.25) is 0 Å². The van der Waals surface area contributed by atoms with E-state index < -0.39 is 11.7 Å². The lowest BCUT2D eigenvalue weighted by Crippen LogP contribution is -3.13. The van der Waals surface area contributed by atoms with Gasteiger partial charge in [-0.15, -0.1) is 0 Å². The van der Waals surface area contributed by atoms with Crippen LogP contribution in [0.2, 0.25) is 0 Å². The van der Waals surface area contributed by atoms with Crippen molar-refractivity contribution < 1.29 is 22.9 Å². The number of hydrogen-bond acceptors (Lipinski definition) is 2. The Morgan fingerprint density at radius 2 is 1.73 bits per heavy atom. The molecule has 3 rings (SSSR count). The summed E-state index contributed by atoms with van der Waals surface area (Å²) in [5, 5.41) is 0. The lowest BCUT2D eigenvalue weighted by atomic mass is 10.1. The van der Waals surface area contributed by atoms with E-state index in [2.05, 4.69) is 4.90 Å². The molecule has 1 aliphatic heterocycles. The lowest BCUT2D eigenvalue weighted by molar-refractivity contribution is -0.914. The van der Waals surface area contributed by atoms with E-state index in [0.29, 0.717) is 17.7 Å². The third-order valence-corrected chi connectivity index (χ3v) is 4.82. The van der Waals surface area contributed by atoms with Crippen molar-refractivity contribution in [3.05, 3.63) is 65.2 Å². The van der Waals surface area contributed by atoms with Gasteiger partial charge in [-0.05, 0) is 43.3 Å². The first kappa shape index (κ1) is 18.5. The summed E-state index contributed by atoms with van der Waals surface area (Å²) >= 11 is 0. The smallest absolute Gasteiger partial charge is 0.360 e. The highest BCUT2D eigenvalue weighted by atomic mass is 19.4. The minimum atomic E-state index is -4.30. The van der Waals surface area contributed by atoms with E-state index in [1.807, 2.05) is 24.3 Å². The van der Waals surface area contributed by atoms with Crippen molar-refractivity contribution in [1.29, 1.82) is 0 Å². The summed E-state index contributed by atoms with van der Waals surface area (Å²) in [5.74, 6) is 0.0481. The minimum absolute atomic E-state index is 0.0481. The van der Waals surface area contributed by atoms with Gasteiger partial charge in [-0.25, -0.2) is 0 Å². The number of quaternary nitrogens is 1. The highest BCUT2D eigenvalue weighted by Crippen LogP contribution is 2.29. The Morgan fingerprint density at radius 3 is 2.31 bits per heavy atom. The lowest BCUT2D eigenvalue weighted by Gasteiger charge is -2.33. The number of piperazine rings is 1. The molecule has 0 aromatic heterocycles. The summed E-state index contributed by atoms with van der Waals surface area (Å²) in [7, 11) is 0. The van der Waals surface area contributed by atoms with Crippen molar-refractivity contribution in [1.82, 2.24) is 0 Å². The number of rotatable bonds is 4. The van der Waals surface area contributed by atoms with Crippen LogP contribution in [-0.4, -0.2) is 32.0 Å². The summed E-state index contributed by atoms with van der Waals surface area (Å²) in [4.78, 5) is 14.9. The van der Waals surface area contributed by atoms with Gasteiger partial charge >= 0.3 is 6.18 Å². The fourth-order valence-corrected chi connectivity index (χ4v) is 3.31. The minimum Gasteiger partial charge on any atom is -0.360 e. The van der Waals surface area contributed by atoms with E-state index in [1.54, 1.807) is 13.0 Å². The predicted molar refractivity (Wildman–Crippen MR) is 94.5 cm³/mol. The number of benzene rings is 2. The molecule has 26 heavy (non-hydrogen) atoms. The molecule has 1 fully saturated rings. The molecular formula is C20H22F3N2O+. The van der Waals surface area contributed by atoms with Gasteiger partial charge in [0.1, 0.15) is 6.54 Å². The zero-order chi connectivity index (χ0) is 18.7. The fraction of sp³-hybridized carbons (Fsp3) is 0.350. The molecule has 0 bridgehead atoms. The maximum Gasteiger partial charge on any atom is 0.416 e. The van der Waals surface area contributed by atoms with Gasteiger partial charge < -0.3 is 9.80 Å². The molecule has 0 amide bonds. The number of ketones is 1. The van der Waals surface area contributed by atoms with E-state index >= 15 is 0 Å². The molecule has 1 aliphatic rings. The monoisotopic (exact) mass is 363 g/mol. The molecule has 0 spiro atoms. The number of carbonyl (C=O) groups excluding carboxylic acids is 1. The Morgan fingerprint density at radius 1 is 1.08 bits per heavy atom. The van der Waals surface area contributed by atoms with Crippen LogP contribution in [-0.2, 0) is 12.7 Å². The first-order chi connectivity index (χ1) is 12.3. The number of nitrogens with one attached hydrogen (secondary N) is 1. The summed E-state index contributed by atoms with van der Waals surface area (Å²) in [6.45, 7) is 5.56. The third kappa shape index (κ3) is 4.43. The zero-order valence-corrected chi connectivity index (χ0v) is 14.6. The number of nitrogens with zero attached hydrogens (tertiary/aromatic N) is 1. The normalized spacial score (nSPS) is 15.9. The number of halogens is 3.